The summed E-state index contributed by atoms with van der Waals surface area (Å²) in [6.45, 7) is 2.17. The van der Waals surface area contributed by atoms with Gasteiger partial charge in [0.1, 0.15) is 5.52 Å². The number of carbonyl (C=O) groups excluding carboxylic acids is 1. The lowest BCUT2D eigenvalue weighted by molar-refractivity contribution is 0.0997. The fourth-order valence-electron chi connectivity index (χ4n) is 2.96. The molecule has 0 aliphatic carbocycles. The van der Waals surface area contributed by atoms with E-state index in [-0.39, 0.29) is 16.9 Å². The highest BCUT2D eigenvalue weighted by atomic mass is 16.2. The van der Waals surface area contributed by atoms with Gasteiger partial charge < -0.3 is 10.7 Å². The minimum Gasteiger partial charge on any atom is -0.364 e. The van der Waals surface area contributed by atoms with Gasteiger partial charge in [0.2, 0.25) is 0 Å². The standard InChI is InChI=1S/C18H17N7O2/c1-10-12(8-20-24(10)2)16-21-13(15(19)26)14-17(23-16)25(18(27)22-14)9-11-6-4-3-5-7-11/h3-8H,9H2,1-2H3,(H2,19,26)(H,22,27). The van der Waals surface area contributed by atoms with E-state index in [4.69, 9.17) is 5.73 Å². The molecule has 0 bridgehead atoms. The van der Waals surface area contributed by atoms with Gasteiger partial charge in [-0.15, -0.1) is 0 Å². The van der Waals surface area contributed by atoms with Gasteiger partial charge in [0.05, 0.1) is 18.3 Å². The predicted molar refractivity (Wildman–Crippen MR) is 99.1 cm³/mol. The van der Waals surface area contributed by atoms with Crippen molar-refractivity contribution >= 4 is 17.1 Å². The van der Waals surface area contributed by atoms with Crippen LogP contribution in [0.15, 0.2) is 41.3 Å². The average Bonchev–Trinajstić information content (AvgIpc) is 3.15. The van der Waals surface area contributed by atoms with Crippen LogP contribution in [0.1, 0.15) is 21.7 Å². The number of fused-ring (bicyclic) bond motifs is 1. The summed E-state index contributed by atoms with van der Waals surface area (Å²) in [6.07, 6.45) is 1.62. The van der Waals surface area contributed by atoms with Crippen LogP contribution in [0.3, 0.4) is 0 Å². The summed E-state index contributed by atoms with van der Waals surface area (Å²) in [4.78, 5) is 35.9. The van der Waals surface area contributed by atoms with Crippen LogP contribution in [-0.4, -0.2) is 35.2 Å². The van der Waals surface area contributed by atoms with E-state index < -0.39 is 5.91 Å². The van der Waals surface area contributed by atoms with Gasteiger partial charge in [-0.1, -0.05) is 30.3 Å². The Hall–Kier alpha value is -3.75. The molecule has 0 aliphatic rings. The number of primary amides is 1. The van der Waals surface area contributed by atoms with Gasteiger partial charge in [-0.3, -0.25) is 14.0 Å². The quantitative estimate of drug-likeness (QED) is 0.559. The maximum Gasteiger partial charge on any atom is 0.328 e. The van der Waals surface area contributed by atoms with Gasteiger partial charge >= 0.3 is 5.69 Å². The number of rotatable bonds is 4. The van der Waals surface area contributed by atoms with E-state index in [0.717, 1.165) is 11.3 Å². The van der Waals surface area contributed by atoms with E-state index in [1.807, 2.05) is 37.3 Å². The van der Waals surface area contributed by atoms with Crippen LogP contribution < -0.4 is 11.4 Å². The monoisotopic (exact) mass is 363 g/mol. The Kier molecular flexibility index (Phi) is 3.84. The summed E-state index contributed by atoms with van der Waals surface area (Å²) in [6, 6.07) is 9.51. The number of nitrogens with zero attached hydrogens (tertiary/aromatic N) is 5. The predicted octanol–water partition coefficient (Wildman–Crippen LogP) is 0.976. The lowest BCUT2D eigenvalue weighted by Gasteiger charge is -2.06. The van der Waals surface area contributed by atoms with Crippen LogP contribution in [0, 0.1) is 6.92 Å². The van der Waals surface area contributed by atoms with Crippen molar-refractivity contribution in [1.82, 2.24) is 29.3 Å². The molecule has 9 heteroatoms. The number of nitrogens with two attached hydrogens (primary N) is 1. The molecular weight excluding hydrogens is 346 g/mol. The number of nitrogens with one attached hydrogen (secondary N) is 1. The molecule has 0 fully saturated rings. The first-order valence-corrected chi connectivity index (χ1v) is 8.29. The van der Waals surface area contributed by atoms with Gasteiger partial charge in [0, 0.05) is 12.7 Å². The SMILES string of the molecule is Cc1c(-c2nc(C(N)=O)c3[nH]c(=O)n(Cc4ccccc4)c3n2)cnn1C. The highest BCUT2D eigenvalue weighted by Crippen LogP contribution is 2.22. The van der Waals surface area contributed by atoms with E-state index in [2.05, 4.69) is 20.1 Å². The number of hydrogen-bond acceptors (Lipinski definition) is 5. The summed E-state index contributed by atoms with van der Waals surface area (Å²) in [5, 5.41) is 4.19. The normalized spacial score (nSPS) is 11.2. The van der Waals surface area contributed by atoms with Crippen LogP contribution in [0.25, 0.3) is 22.6 Å². The van der Waals surface area contributed by atoms with Gasteiger partial charge in [0.15, 0.2) is 17.2 Å². The van der Waals surface area contributed by atoms with Crippen molar-refractivity contribution in [2.75, 3.05) is 0 Å². The maximum atomic E-state index is 12.5. The van der Waals surface area contributed by atoms with E-state index >= 15 is 0 Å². The number of aromatic amines is 1. The molecular formula is C18H17N7O2. The molecule has 3 N–H and O–H groups in total. The minimum atomic E-state index is -0.738. The second-order valence-electron chi connectivity index (χ2n) is 6.23. The fourth-order valence-corrected chi connectivity index (χ4v) is 2.96. The molecule has 0 unspecified atom stereocenters. The van der Waals surface area contributed by atoms with Crippen molar-refractivity contribution in [3.63, 3.8) is 0 Å². The van der Waals surface area contributed by atoms with Crippen molar-refractivity contribution in [3.05, 3.63) is 64.0 Å². The first-order chi connectivity index (χ1) is 13.0. The van der Waals surface area contributed by atoms with Gasteiger partial charge in [0.25, 0.3) is 5.91 Å². The van der Waals surface area contributed by atoms with E-state index in [1.165, 1.54) is 4.57 Å². The van der Waals surface area contributed by atoms with Crippen LogP contribution in [0.5, 0.6) is 0 Å². The zero-order valence-electron chi connectivity index (χ0n) is 14.8. The summed E-state index contributed by atoms with van der Waals surface area (Å²) >= 11 is 0. The fraction of sp³-hybridized carbons (Fsp3) is 0.167. The van der Waals surface area contributed by atoms with Gasteiger partial charge in [-0.25, -0.2) is 14.8 Å². The second-order valence-corrected chi connectivity index (χ2v) is 6.23. The van der Waals surface area contributed by atoms with Gasteiger partial charge in [-0.2, -0.15) is 5.10 Å². The molecule has 9 nitrogen and oxygen atoms in total. The Morgan fingerprint density at radius 1 is 1.22 bits per heavy atom. The maximum absolute atomic E-state index is 12.5. The molecule has 3 aromatic heterocycles. The molecule has 1 aromatic carbocycles. The Morgan fingerprint density at radius 2 is 1.96 bits per heavy atom. The van der Waals surface area contributed by atoms with Crippen molar-refractivity contribution in [1.29, 1.82) is 0 Å². The van der Waals surface area contributed by atoms with E-state index in [0.29, 0.717) is 23.6 Å². The summed E-state index contributed by atoms with van der Waals surface area (Å²) in [5.74, 6) is -0.444. The third-order valence-corrected chi connectivity index (χ3v) is 4.52. The zero-order chi connectivity index (χ0) is 19.1. The number of carbonyl (C=O) groups is 1. The number of hydrogen-bond donors (Lipinski definition) is 2. The molecule has 0 saturated carbocycles. The van der Waals surface area contributed by atoms with Crippen LogP contribution in [0.2, 0.25) is 0 Å². The minimum absolute atomic E-state index is 0.0258. The molecule has 0 saturated heterocycles. The van der Waals surface area contributed by atoms with Crippen molar-refractivity contribution in [3.8, 4) is 11.4 Å². The molecule has 27 heavy (non-hydrogen) atoms. The van der Waals surface area contributed by atoms with Crippen LogP contribution >= 0.6 is 0 Å². The average molecular weight is 363 g/mol. The van der Waals surface area contributed by atoms with Crippen LogP contribution in [-0.2, 0) is 13.6 Å². The van der Waals surface area contributed by atoms with E-state index in [9.17, 15) is 9.59 Å². The van der Waals surface area contributed by atoms with Crippen molar-refractivity contribution in [2.45, 2.75) is 13.5 Å². The molecule has 136 valence electrons. The third kappa shape index (κ3) is 2.78. The second kappa shape index (κ2) is 6.20. The van der Waals surface area contributed by atoms with Crippen molar-refractivity contribution < 1.29 is 4.79 Å². The molecule has 3 heterocycles. The molecule has 0 radical (unpaired) electrons. The van der Waals surface area contributed by atoms with Crippen molar-refractivity contribution in [2.24, 2.45) is 12.8 Å². The number of H-pyrrole nitrogens is 1. The smallest absolute Gasteiger partial charge is 0.328 e. The lowest BCUT2D eigenvalue weighted by atomic mass is 10.2. The number of amides is 1. The number of imidazole rings is 1. The molecule has 0 spiro atoms. The largest absolute Gasteiger partial charge is 0.364 e. The Bertz CT molecular complexity index is 1220. The number of aromatic nitrogens is 6. The lowest BCUT2D eigenvalue weighted by Crippen LogP contribution is -2.17. The van der Waals surface area contributed by atoms with Crippen LogP contribution in [0.4, 0.5) is 0 Å². The Balaban J connectivity index is 1.97. The summed E-state index contributed by atoms with van der Waals surface area (Å²) in [5.41, 5.74) is 8.08. The first kappa shape index (κ1) is 16.7. The first-order valence-electron chi connectivity index (χ1n) is 8.29. The third-order valence-electron chi connectivity index (χ3n) is 4.52. The number of benzene rings is 1. The molecule has 0 atom stereocenters. The zero-order valence-corrected chi connectivity index (χ0v) is 14.8. The summed E-state index contributed by atoms with van der Waals surface area (Å²) in [7, 11) is 1.80. The highest BCUT2D eigenvalue weighted by molar-refractivity contribution is 6.01. The highest BCUT2D eigenvalue weighted by Gasteiger charge is 2.21. The van der Waals surface area contributed by atoms with E-state index in [1.54, 1.807) is 17.9 Å². The molecule has 0 aliphatic heterocycles. The Labute approximate surface area is 153 Å². The summed E-state index contributed by atoms with van der Waals surface area (Å²) < 4.78 is 3.15. The number of aryl methyl sites for hydroxylation is 1. The van der Waals surface area contributed by atoms with Gasteiger partial charge in [-0.05, 0) is 12.5 Å². The topological polar surface area (TPSA) is 124 Å². The molecule has 4 aromatic rings. The molecule has 1 amide bonds. The Morgan fingerprint density at radius 3 is 2.59 bits per heavy atom. The molecule has 4 rings (SSSR count).